The summed E-state index contributed by atoms with van der Waals surface area (Å²) in [6.45, 7) is 0.0572. The molecule has 0 bridgehead atoms. The van der Waals surface area contributed by atoms with Crippen LogP contribution >= 0.6 is 11.6 Å². The highest BCUT2D eigenvalue weighted by Gasteiger charge is 2.06. The third kappa shape index (κ3) is 1.85. The van der Waals surface area contributed by atoms with E-state index in [9.17, 15) is 4.39 Å². The molecule has 0 atom stereocenters. The van der Waals surface area contributed by atoms with E-state index in [0.717, 1.165) is 6.07 Å². The fraction of sp³-hybridized carbons (Fsp3) is 0.143. The van der Waals surface area contributed by atoms with Crippen LogP contribution in [0.5, 0.6) is 5.75 Å². The minimum Gasteiger partial charge on any atom is -0.506 e. The van der Waals surface area contributed by atoms with Gasteiger partial charge in [0.1, 0.15) is 16.6 Å². The van der Waals surface area contributed by atoms with Crippen LogP contribution in [0.1, 0.15) is 5.56 Å². The first-order chi connectivity index (χ1) is 5.65. The number of aromatic hydroxyl groups is 1. The lowest BCUT2D eigenvalue weighted by atomic mass is 10.2. The number of hydrogen-bond donors (Lipinski definition) is 3. The van der Waals surface area contributed by atoms with E-state index >= 15 is 0 Å². The van der Waals surface area contributed by atoms with Crippen LogP contribution in [0.25, 0.3) is 0 Å². The summed E-state index contributed by atoms with van der Waals surface area (Å²) in [4.78, 5) is 0. The molecular formula is C7H7ClFNO2. The lowest BCUT2D eigenvalue weighted by Crippen LogP contribution is -2.06. The van der Waals surface area contributed by atoms with E-state index in [1.807, 2.05) is 5.48 Å². The first-order valence-corrected chi connectivity index (χ1v) is 3.56. The number of hydrogen-bond acceptors (Lipinski definition) is 3. The number of rotatable bonds is 2. The molecule has 0 saturated heterocycles. The minimum atomic E-state index is -0.707. The van der Waals surface area contributed by atoms with Crippen molar-refractivity contribution in [3.8, 4) is 5.75 Å². The van der Waals surface area contributed by atoms with Crippen molar-refractivity contribution in [1.82, 2.24) is 5.48 Å². The van der Waals surface area contributed by atoms with Gasteiger partial charge in [0.15, 0.2) is 0 Å². The molecule has 0 amide bonds. The molecule has 0 radical (unpaired) electrons. The van der Waals surface area contributed by atoms with Gasteiger partial charge in [-0.15, -0.1) is 0 Å². The molecule has 1 aromatic rings. The molecule has 3 nitrogen and oxygen atoms in total. The molecule has 0 fully saturated rings. The van der Waals surface area contributed by atoms with Crippen molar-refractivity contribution in [2.75, 3.05) is 0 Å². The van der Waals surface area contributed by atoms with Crippen LogP contribution in [0.3, 0.4) is 0 Å². The van der Waals surface area contributed by atoms with Crippen LogP contribution in [0, 0.1) is 5.82 Å². The monoisotopic (exact) mass is 191 g/mol. The molecule has 0 aromatic heterocycles. The average molecular weight is 192 g/mol. The molecule has 3 N–H and O–H groups in total. The zero-order chi connectivity index (χ0) is 9.14. The summed E-state index contributed by atoms with van der Waals surface area (Å²) >= 11 is 5.34. The highest BCUT2D eigenvalue weighted by atomic mass is 35.5. The Kier molecular flexibility index (Phi) is 2.86. The van der Waals surface area contributed by atoms with E-state index in [4.69, 9.17) is 21.9 Å². The molecule has 0 aliphatic heterocycles. The SMILES string of the molecule is ONCc1cc(O)c(Cl)c(F)c1. The maximum Gasteiger partial charge on any atom is 0.145 e. The smallest absolute Gasteiger partial charge is 0.145 e. The Labute approximate surface area is 73.4 Å². The Balaban J connectivity index is 3.04. The summed E-state index contributed by atoms with van der Waals surface area (Å²) < 4.78 is 12.8. The summed E-state index contributed by atoms with van der Waals surface area (Å²) in [6, 6.07) is 2.40. The molecule has 66 valence electrons. The minimum absolute atomic E-state index is 0.0572. The summed E-state index contributed by atoms with van der Waals surface area (Å²) in [7, 11) is 0. The summed E-state index contributed by atoms with van der Waals surface area (Å²) in [5.74, 6) is -1.04. The Morgan fingerprint density at radius 2 is 2.17 bits per heavy atom. The molecule has 1 rings (SSSR count). The van der Waals surface area contributed by atoms with E-state index in [0.29, 0.717) is 5.56 Å². The molecule has 0 heterocycles. The van der Waals surface area contributed by atoms with Crippen LogP contribution in [0.4, 0.5) is 4.39 Å². The lowest BCUT2D eigenvalue weighted by Gasteiger charge is -2.02. The third-order valence-corrected chi connectivity index (χ3v) is 1.73. The first kappa shape index (κ1) is 9.25. The highest BCUT2D eigenvalue weighted by molar-refractivity contribution is 6.32. The van der Waals surface area contributed by atoms with Crippen molar-refractivity contribution in [2.45, 2.75) is 6.54 Å². The highest BCUT2D eigenvalue weighted by Crippen LogP contribution is 2.27. The number of hydroxylamine groups is 1. The second kappa shape index (κ2) is 3.71. The number of benzene rings is 1. The van der Waals surface area contributed by atoms with Crippen LogP contribution in [-0.4, -0.2) is 10.3 Å². The Morgan fingerprint density at radius 1 is 1.50 bits per heavy atom. The van der Waals surface area contributed by atoms with Crippen LogP contribution in [0.2, 0.25) is 5.02 Å². The maximum atomic E-state index is 12.8. The fourth-order valence-electron chi connectivity index (χ4n) is 0.822. The van der Waals surface area contributed by atoms with Crippen molar-refractivity contribution < 1.29 is 14.7 Å². The van der Waals surface area contributed by atoms with E-state index < -0.39 is 5.82 Å². The number of halogens is 2. The second-order valence-corrected chi connectivity index (χ2v) is 2.62. The van der Waals surface area contributed by atoms with Gasteiger partial charge in [0.2, 0.25) is 0 Å². The normalized spacial score (nSPS) is 10.2. The molecule has 0 aliphatic carbocycles. The number of phenolic OH excluding ortho intramolecular Hbond substituents is 1. The molecule has 5 heteroatoms. The average Bonchev–Trinajstić information content (AvgIpc) is 2.01. The lowest BCUT2D eigenvalue weighted by molar-refractivity contribution is 0.161. The quantitative estimate of drug-likeness (QED) is 0.624. The number of phenols is 1. The van der Waals surface area contributed by atoms with Gasteiger partial charge in [0, 0.05) is 6.54 Å². The molecule has 0 aliphatic rings. The molecule has 12 heavy (non-hydrogen) atoms. The Morgan fingerprint density at radius 3 is 2.67 bits per heavy atom. The van der Waals surface area contributed by atoms with Crippen molar-refractivity contribution >= 4 is 11.6 Å². The van der Waals surface area contributed by atoms with E-state index in [2.05, 4.69) is 0 Å². The Bertz CT molecular complexity index is 270. The molecule has 0 spiro atoms. The Hall–Kier alpha value is -0.840. The van der Waals surface area contributed by atoms with Gasteiger partial charge in [-0.25, -0.2) is 9.87 Å². The second-order valence-electron chi connectivity index (χ2n) is 2.25. The van der Waals surface area contributed by atoms with E-state index in [-0.39, 0.29) is 17.3 Å². The van der Waals surface area contributed by atoms with Crippen LogP contribution in [0.15, 0.2) is 12.1 Å². The molecule has 0 saturated carbocycles. The zero-order valence-corrected chi connectivity index (χ0v) is 6.77. The van der Waals surface area contributed by atoms with Crippen molar-refractivity contribution in [1.29, 1.82) is 0 Å². The van der Waals surface area contributed by atoms with Crippen molar-refractivity contribution in [3.05, 3.63) is 28.5 Å². The number of nitrogens with one attached hydrogen (secondary N) is 1. The predicted molar refractivity (Wildman–Crippen MR) is 41.7 cm³/mol. The maximum absolute atomic E-state index is 12.8. The van der Waals surface area contributed by atoms with Crippen molar-refractivity contribution in [2.24, 2.45) is 0 Å². The van der Waals surface area contributed by atoms with Gasteiger partial charge in [-0.05, 0) is 17.7 Å². The van der Waals surface area contributed by atoms with Gasteiger partial charge in [-0.2, -0.15) is 0 Å². The van der Waals surface area contributed by atoms with Gasteiger partial charge in [-0.1, -0.05) is 11.6 Å². The van der Waals surface area contributed by atoms with Gasteiger partial charge in [0.05, 0.1) is 0 Å². The van der Waals surface area contributed by atoms with E-state index in [1.54, 1.807) is 0 Å². The van der Waals surface area contributed by atoms with E-state index in [1.165, 1.54) is 6.07 Å². The summed E-state index contributed by atoms with van der Waals surface area (Å²) in [5, 5.41) is 17.0. The zero-order valence-electron chi connectivity index (χ0n) is 6.01. The summed E-state index contributed by atoms with van der Waals surface area (Å²) in [5.41, 5.74) is 2.25. The van der Waals surface area contributed by atoms with Gasteiger partial charge in [-0.3, -0.25) is 0 Å². The third-order valence-electron chi connectivity index (χ3n) is 1.35. The first-order valence-electron chi connectivity index (χ1n) is 3.19. The summed E-state index contributed by atoms with van der Waals surface area (Å²) in [6.07, 6.45) is 0. The molecule has 1 aromatic carbocycles. The molecule has 0 unspecified atom stereocenters. The largest absolute Gasteiger partial charge is 0.506 e. The standard InChI is InChI=1S/C7H7ClFNO2/c8-7-5(9)1-4(3-10-12)2-6(7)11/h1-2,10-12H,3H2. The van der Waals surface area contributed by atoms with Crippen LogP contribution < -0.4 is 5.48 Å². The topological polar surface area (TPSA) is 52.5 Å². The van der Waals surface area contributed by atoms with Gasteiger partial charge < -0.3 is 10.3 Å². The van der Waals surface area contributed by atoms with Crippen LogP contribution in [-0.2, 0) is 6.54 Å². The van der Waals surface area contributed by atoms with Crippen molar-refractivity contribution in [3.63, 3.8) is 0 Å². The fourth-order valence-corrected chi connectivity index (χ4v) is 0.932. The van der Waals surface area contributed by atoms with Gasteiger partial charge >= 0.3 is 0 Å². The van der Waals surface area contributed by atoms with Gasteiger partial charge in [0.25, 0.3) is 0 Å². The molecular weight excluding hydrogens is 185 g/mol. The predicted octanol–water partition coefficient (Wildman–Crippen LogP) is 1.66.